The average molecular weight is 307 g/mol. The average Bonchev–Trinajstić information content (AvgIpc) is 2.23. The molecule has 2 aliphatic rings. The van der Waals surface area contributed by atoms with Crippen molar-refractivity contribution in [3.05, 3.63) is 0 Å². The van der Waals surface area contributed by atoms with Gasteiger partial charge in [-0.2, -0.15) is 0 Å². The van der Waals surface area contributed by atoms with Crippen LogP contribution in [0, 0.1) is 5.92 Å². The Morgan fingerprint density at radius 3 is 2.24 bits per heavy atom. The Balaban J connectivity index is 0. The maximum atomic E-state index is 3.50. The molecule has 0 aromatic carbocycles. The summed E-state index contributed by atoms with van der Waals surface area (Å²) >= 11 is 0. The minimum absolute atomic E-state index is 0. The summed E-state index contributed by atoms with van der Waals surface area (Å²) in [6, 6.07) is 0. The van der Waals surface area contributed by atoms with Gasteiger partial charge < -0.3 is 15.1 Å². The highest BCUT2D eigenvalue weighted by molar-refractivity contribution is 5.86. The number of nitrogens with zero attached hydrogens (tertiary/aromatic N) is 2. The van der Waals surface area contributed by atoms with E-state index in [4.69, 9.17) is 0 Å². The van der Waals surface area contributed by atoms with Crippen LogP contribution in [0.5, 0.6) is 0 Å². The van der Waals surface area contributed by atoms with E-state index in [9.17, 15) is 0 Å². The fourth-order valence-corrected chi connectivity index (χ4v) is 2.48. The first-order chi connectivity index (χ1) is 6.84. The van der Waals surface area contributed by atoms with Gasteiger partial charge in [-0.05, 0) is 38.9 Å². The molecule has 6 heteroatoms. The van der Waals surface area contributed by atoms with Gasteiger partial charge in [0, 0.05) is 32.7 Å². The van der Waals surface area contributed by atoms with Crippen LogP contribution < -0.4 is 5.32 Å². The lowest BCUT2D eigenvalue weighted by atomic mass is 9.99. The van der Waals surface area contributed by atoms with Gasteiger partial charge in [-0.15, -0.1) is 37.2 Å². The zero-order valence-electron chi connectivity index (χ0n) is 10.6. The molecule has 1 atom stereocenters. The van der Waals surface area contributed by atoms with Crippen LogP contribution >= 0.6 is 37.2 Å². The van der Waals surface area contributed by atoms with E-state index in [1.165, 1.54) is 58.7 Å². The molecule has 3 nitrogen and oxygen atoms in total. The zero-order chi connectivity index (χ0) is 9.80. The van der Waals surface area contributed by atoms with Crippen LogP contribution in [0.2, 0.25) is 0 Å². The molecule has 2 rings (SSSR count). The second kappa shape index (κ2) is 10.7. The van der Waals surface area contributed by atoms with Crippen molar-refractivity contribution < 1.29 is 0 Å². The van der Waals surface area contributed by atoms with Gasteiger partial charge in [-0.25, -0.2) is 0 Å². The predicted octanol–water partition coefficient (Wildman–Crippen LogP) is 1.50. The molecule has 0 aromatic rings. The van der Waals surface area contributed by atoms with E-state index >= 15 is 0 Å². The number of halogens is 3. The monoisotopic (exact) mass is 305 g/mol. The number of piperidine rings is 1. The maximum Gasteiger partial charge on any atom is 0.0110 e. The Kier molecular flexibility index (Phi) is 12.6. The second-order valence-electron chi connectivity index (χ2n) is 4.82. The molecule has 0 radical (unpaired) electrons. The van der Waals surface area contributed by atoms with Crippen molar-refractivity contribution in [3.63, 3.8) is 0 Å². The van der Waals surface area contributed by atoms with Crippen molar-refractivity contribution in [2.24, 2.45) is 5.92 Å². The largest absolute Gasteiger partial charge is 0.316 e. The lowest BCUT2D eigenvalue weighted by Gasteiger charge is -2.35. The molecule has 0 saturated carbocycles. The topological polar surface area (TPSA) is 18.5 Å². The van der Waals surface area contributed by atoms with Crippen LogP contribution in [0.15, 0.2) is 0 Å². The van der Waals surface area contributed by atoms with E-state index in [1.54, 1.807) is 0 Å². The Hall–Kier alpha value is 0.750. The highest BCUT2D eigenvalue weighted by Gasteiger charge is 2.19. The molecule has 0 aromatic heterocycles. The summed E-state index contributed by atoms with van der Waals surface area (Å²) in [6.45, 7) is 8.84. The molecule has 0 bridgehead atoms. The van der Waals surface area contributed by atoms with Crippen LogP contribution in [-0.4, -0.2) is 62.7 Å². The van der Waals surface area contributed by atoms with E-state index in [0.29, 0.717) is 0 Å². The van der Waals surface area contributed by atoms with Crippen LogP contribution in [0.1, 0.15) is 12.8 Å². The molecule has 106 valence electrons. The van der Waals surface area contributed by atoms with Gasteiger partial charge in [-0.3, -0.25) is 0 Å². The van der Waals surface area contributed by atoms with Crippen LogP contribution in [-0.2, 0) is 0 Å². The summed E-state index contributed by atoms with van der Waals surface area (Å²) in [4.78, 5) is 5.06. The number of piperazine rings is 1. The smallest absolute Gasteiger partial charge is 0.0110 e. The van der Waals surface area contributed by atoms with Crippen molar-refractivity contribution in [2.45, 2.75) is 12.8 Å². The van der Waals surface area contributed by atoms with Gasteiger partial charge in [0.05, 0.1) is 0 Å². The molecule has 0 spiro atoms. The lowest BCUT2D eigenvalue weighted by Crippen LogP contribution is -2.47. The molecule has 1 N–H and O–H groups in total. The molecule has 0 amide bonds. The fourth-order valence-electron chi connectivity index (χ4n) is 2.48. The highest BCUT2D eigenvalue weighted by atomic mass is 35.5. The summed E-state index contributed by atoms with van der Waals surface area (Å²) in [6.07, 6.45) is 2.80. The molecule has 2 saturated heterocycles. The Morgan fingerprint density at radius 2 is 1.71 bits per heavy atom. The van der Waals surface area contributed by atoms with Gasteiger partial charge in [0.1, 0.15) is 0 Å². The Morgan fingerprint density at radius 1 is 1.06 bits per heavy atom. The van der Waals surface area contributed by atoms with Gasteiger partial charge in [0.2, 0.25) is 0 Å². The number of hydrogen-bond acceptors (Lipinski definition) is 3. The van der Waals surface area contributed by atoms with Crippen molar-refractivity contribution >= 4 is 37.2 Å². The van der Waals surface area contributed by atoms with Crippen molar-refractivity contribution in [1.29, 1.82) is 0 Å². The molecule has 2 aliphatic heterocycles. The summed E-state index contributed by atoms with van der Waals surface area (Å²) < 4.78 is 0. The third-order valence-electron chi connectivity index (χ3n) is 3.51. The summed E-state index contributed by atoms with van der Waals surface area (Å²) in [7, 11) is 2.22. The minimum Gasteiger partial charge on any atom is -0.316 e. The third-order valence-corrected chi connectivity index (χ3v) is 3.51. The van der Waals surface area contributed by atoms with E-state index in [1.807, 2.05) is 0 Å². The number of hydrogen-bond donors (Lipinski definition) is 1. The van der Waals surface area contributed by atoms with Gasteiger partial charge in [0.15, 0.2) is 0 Å². The zero-order valence-corrected chi connectivity index (χ0v) is 13.0. The van der Waals surface area contributed by atoms with Crippen molar-refractivity contribution in [3.8, 4) is 0 Å². The van der Waals surface area contributed by atoms with Gasteiger partial charge in [0.25, 0.3) is 0 Å². The van der Waals surface area contributed by atoms with E-state index in [2.05, 4.69) is 22.2 Å². The lowest BCUT2D eigenvalue weighted by molar-refractivity contribution is 0.129. The highest BCUT2D eigenvalue weighted by Crippen LogP contribution is 2.12. The van der Waals surface area contributed by atoms with Crippen molar-refractivity contribution in [1.82, 2.24) is 15.1 Å². The first-order valence-corrected chi connectivity index (χ1v) is 5.96. The standard InChI is InChI=1S/C11H23N3.3ClH/c1-13-5-7-14(8-6-13)10-11-3-2-4-12-9-11;;;/h11-12H,2-10H2,1H3;3*1H. The predicted molar refractivity (Wildman–Crippen MR) is 81.3 cm³/mol. The number of nitrogens with one attached hydrogen (secondary N) is 1. The third kappa shape index (κ3) is 7.04. The molecule has 2 fully saturated rings. The first kappa shape index (κ1) is 20.1. The quantitative estimate of drug-likeness (QED) is 0.834. The minimum atomic E-state index is 0. The molecule has 17 heavy (non-hydrogen) atoms. The van der Waals surface area contributed by atoms with Crippen LogP contribution in [0.3, 0.4) is 0 Å². The van der Waals surface area contributed by atoms with Gasteiger partial charge >= 0.3 is 0 Å². The summed E-state index contributed by atoms with van der Waals surface area (Å²) in [5.41, 5.74) is 0. The molecular weight excluding hydrogens is 281 g/mol. The summed E-state index contributed by atoms with van der Waals surface area (Å²) in [5, 5.41) is 3.50. The Bertz CT molecular complexity index is 169. The van der Waals surface area contributed by atoms with E-state index in [0.717, 1.165) is 5.92 Å². The molecule has 2 heterocycles. The fraction of sp³-hybridized carbons (Fsp3) is 1.00. The van der Waals surface area contributed by atoms with Crippen LogP contribution in [0.25, 0.3) is 0 Å². The van der Waals surface area contributed by atoms with Crippen molar-refractivity contribution in [2.75, 3.05) is 52.9 Å². The SMILES string of the molecule is CN1CCN(CC2CCCNC2)CC1.Cl.Cl.Cl. The first-order valence-electron chi connectivity index (χ1n) is 5.96. The Labute approximate surface area is 124 Å². The number of likely N-dealkylation sites (N-methyl/N-ethyl adjacent to an activating group) is 1. The maximum absolute atomic E-state index is 3.50. The number of rotatable bonds is 2. The van der Waals surface area contributed by atoms with E-state index < -0.39 is 0 Å². The second-order valence-corrected chi connectivity index (χ2v) is 4.82. The van der Waals surface area contributed by atoms with E-state index in [-0.39, 0.29) is 37.2 Å². The van der Waals surface area contributed by atoms with Crippen LogP contribution in [0.4, 0.5) is 0 Å². The molecular formula is C11H26Cl3N3. The molecule has 1 unspecified atom stereocenters. The normalized spacial score (nSPS) is 26.3. The van der Waals surface area contributed by atoms with Gasteiger partial charge in [-0.1, -0.05) is 0 Å². The summed E-state index contributed by atoms with van der Waals surface area (Å²) in [5.74, 6) is 0.909. The molecule has 0 aliphatic carbocycles.